The molecule has 4 nitrogen and oxygen atoms in total. The number of rotatable bonds is 7. The lowest BCUT2D eigenvalue weighted by atomic mass is 9.85. The van der Waals surface area contributed by atoms with Gasteiger partial charge in [-0.2, -0.15) is 0 Å². The van der Waals surface area contributed by atoms with Crippen molar-refractivity contribution in [1.82, 2.24) is 5.32 Å². The van der Waals surface area contributed by atoms with Crippen LogP contribution in [0.5, 0.6) is 0 Å². The van der Waals surface area contributed by atoms with E-state index in [4.69, 9.17) is 9.05 Å². The summed E-state index contributed by atoms with van der Waals surface area (Å²) in [6.45, 7) is 10.9. The molecule has 1 aliphatic heterocycles. The van der Waals surface area contributed by atoms with Gasteiger partial charge in [-0.05, 0) is 51.6 Å². The summed E-state index contributed by atoms with van der Waals surface area (Å²) in [5.41, 5.74) is 1.23. The highest BCUT2D eigenvalue weighted by Gasteiger charge is 2.27. The molecule has 112 valence electrons. The van der Waals surface area contributed by atoms with E-state index in [0.29, 0.717) is 25.0 Å². The Hall–Kier alpha value is -0.150. The molecule has 5 heteroatoms. The van der Waals surface area contributed by atoms with Gasteiger partial charge in [-0.3, -0.25) is 4.57 Å². The number of hydrogen-bond donors (Lipinski definition) is 1. The zero-order valence-electron chi connectivity index (χ0n) is 12.6. The molecule has 1 aliphatic rings. The van der Waals surface area contributed by atoms with Crippen molar-refractivity contribution in [2.24, 2.45) is 11.8 Å². The first-order valence-electron chi connectivity index (χ1n) is 7.34. The Balaban J connectivity index is 2.93. The van der Waals surface area contributed by atoms with Crippen molar-refractivity contribution < 1.29 is 13.6 Å². The van der Waals surface area contributed by atoms with Crippen molar-refractivity contribution in [3.05, 3.63) is 11.4 Å². The van der Waals surface area contributed by atoms with E-state index in [-0.39, 0.29) is 0 Å². The lowest BCUT2D eigenvalue weighted by Gasteiger charge is -2.28. The predicted octanol–water partition coefficient (Wildman–Crippen LogP) is 3.79. The van der Waals surface area contributed by atoms with Gasteiger partial charge >= 0.3 is 7.60 Å². The third-order valence-electron chi connectivity index (χ3n) is 3.40. The summed E-state index contributed by atoms with van der Waals surface area (Å²) in [6, 6.07) is 0. The number of nitrogens with one attached hydrogen (secondary N) is 1. The molecule has 0 saturated carbocycles. The standard InChI is InChI=1S/C14H28NO3P/c1-5-17-19(16,18-6-2)11-14(12(3)4)13-7-9-15-10-8-13/h11-13,15H,5-10H2,1-4H3/b14-11+. The number of hydrogen-bond acceptors (Lipinski definition) is 4. The van der Waals surface area contributed by atoms with E-state index in [2.05, 4.69) is 19.2 Å². The second-order valence-electron chi connectivity index (χ2n) is 5.18. The molecule has 0 aromatic heterocycles. The van der Waals surface area contributed by atoms with Crippen LogP contribution in [0.4, 0.5) is 0 Å². The van der Waals surface area contributed by atoms with E-state index in [1.165, 1.54) is 5.57 Å². The Kier molecular flexibility index (Phi) is 7.30. The molecule has 1 rings (SSSR count). The van der Waals surface area contributed by atoms with Crippen LogP contribution in [0.15, 0.2) is 11.4 Å². The highest BCUT2D eigenvalue weighted by atomic mass is 31.2. The largest absolute Gasteiger partial charge is 0.354 e. The van der Waals surface area contributed by atoms with Gasteiger partial charge in [-0.1, -0.05) is 19.4 Å². The van der Waals surface area contributed by atoms with Crippen LogP contribution in [0, 0.1) is 11.8 Å². The zero-order valence-corrected chi connectivity index (χ0v) is 13.5. The minimum atomic E-state index is -3.08. The van der Waals surface area contributed by atoms with Crippen LogP contribution >= 0.6 is 7.60 Å². The molecule has 0 aliphatic carbocycles. The zero-order chi connectivity index (χ0) is 14.3. The Bertz CT molecular complexity index is 326. The maximum Gasteiger partial charge on any atom is 0.354 e. The molecule has 1 saturated heterocycles. The second-order valence-corrected chi connectivity index (χ2v) is 7.04. The highest BCUT2D eigenvalue weighted by molar-refractivity contribution is 7.57. The first-order valence-corrected chi connectivity index (χ1v) is 8.95. The minimum absolute atomic E-state index is 0.373. The van der Waals surface area contributed by atoms with Crippen molar-refractivity contribution in [3.63, 3.8) is 0 Å². The third kappa shape index (κ3) is 5.39. The topological polar surface area (TPSA) is 47.6 Å². The molecule has 0 aromatic carbocycles. The molecule has 0 unspecified atom stereocenters. The summed E-state index contributed by atoms with van der Waals surface area (Å²) in [6.07, 6.45) is 2.20. The van der Waals surface area contributed by atoms with Crippen LogP contribution in [-0.4, -0.2) is 26.3 Å². The molecule has 1 fully saturated rings. The van der Waals surface area contributed by atoms with E-state index in [1.54, 1.807) is 5.82 Å². The van der Waals surface area contributed by atoms with E-state index < -0.39 is 7.60 Å². The lowest BCUT2D eigenvalue weighted by molar-refractivity contribution is 0.228. The second kappa shape index (κ2) is 8.21. The van der Waals surface area contributed by atoms with Crippen LogP contribution in [0.25, 0.3) is 0 Å². The lowest BCUT2D eigenvalue weighted by Crippen LogP contribution is -2.29. The van der Waals surface area contributed by atoms with E-state index >= 15 is 0 Å². The van der Waals surface area contributed by atoms with Gasteiger partial charge in [-0.25, -0.2) is 0 Å². The Morgan fingerprint density at radius 1 is 1.26 bits per heavy atom. The normalized spacial score (nSPS) is 19.1. The van der Waals surface area contributed by atoms with Gasteiger partial charge in [0.05, 0.1) is 13.2 Å². The molecule has 0 atom stereocenters. The maximum atomic E-state index is 12.6. The van der Waals surface area contributed by atoms with E-state index in [1.807, 2.05) is 13.8 Å². The number of allylic oxidation sites excluding steroid dienone is 1. The molecule has 19 heavy (non-hydrogen) atoms. The molecule has 0 amide bonds. The molecule has 0 radical (unpaired) electrons. The Morgan fingerprint density at radius 3 is 2.21 bits per heavy atom. The van der Waals surface area contributed by atoms with Gasteiger partial charge < -0.3 is 14.4 Å². The smallest absolute Gasteiger partial charge is 0.317 e. The van der Waals surface area contributed by atoms with Gasteiger partial charge in [0.1, 0.15) is 0 Å². The van der Waals surface area contributed by atoms with Crippen LogP contribution in [0.1, 0.15) is 40.5 Å². The average molecular weight is 289 g/mol. The van der Waals surface area contributed by atoms with E-state index in [0.717, 1.165) is 25.9 Å². The van der Waals surface area contributed by atoms with Crippen LogP contribution in [0.3, 0.4) is 0 Å². The Labute approximate surface area is 117 Å². The summed E-state index contributed by atoms with van der Waals surface area (Å²) >= 11 is 0. The average Bonchev–Trinajstić information content (AvgIpc) is 2.37. The van der Waals surface area contributed by atoms with Crippen molar-refractivity contribution in [2.45, 2.75) is 40.5 Å². The first kappa shape index (κ1) is 16.9. The van der Waals surface area contributed by atoms with Gasteiger partial charge in [0.2, 0.25) is 0 Å². The third-order valence-corrected chi connectivity index (χ3v) is 5.25. The molecule has 1 heterocycles. The predicted molar refractivity (Wildman–Crippen MR) is 79.4 cm³/mol. The quantitative estimate of drug-likeness (QED) is 0.724. The van der Waals surface area contributed by atoms with Gasteiger partial charge in [0.25, 0.3) is 0 Å². The Morgan fingerprint density at radius 2 is 1.79 bits per heavy atom. The first-order chi connectivity index (χ1) is 9.02. The summed E-state index contributed by atoms with van der Waals surface area (Å²) in [7, 11) is -3.08. The highest BCUT2D eigenvalue weighted by Crippen LogP contribution is 2.52. The fraction of sp³-hybridized carbons (Fsp3) is 0.857. The fourth-order valence-corrected chi connectivity index (χ4v) is 4.35. The molecule has 1 N–H and O–H groups in total. The summed E-state index contributed by atoms with van der Waals surface area (Å²) in [5.74, 6) is 2.66. The van der Waals surface area contributed by atoms with Crippen LogP contribution in [0.2, 0.25) is 0 Å². The molecular weight excluding hydrogens is 261 g/mol. The minimum Gasteiger partial charge on any atom is -0.317 e. The van der Waals surface area contributed by atoms with Crippen molar-refractivity contribution in [3.8, 4) is 0 Å². The fourth-order valence-electron chi connectivity index (χ4n) is 2.54. The maximum absolute atomic E-state index is 12.6. The van der Waals surface area contributed by atoms with Crippen LogP contribution in [-0.2, 0) is 13.6 Å². The molecule has 0 spiro atoms. The van der Waals surface area contributed by atoms with Gasteiger partial charge in [0.15, 0.2) is 0 Å². The molecule has 0 aromatic rings. The van der Waals surface area contributed by atoms with Crippen molar-refractivity contribution >= 4 is 7.60 Å². The summed E-state index contributed by atoms with van der Waals surface area (Å²) in [4.78, 5) is 0. The molecular formula is C14H28NO3P. The van der Waals surface area contributed by atoms with Crippen molar-refractivity contribution in [1.29, 1.82) is 0 Å². The monoisotopic (exact) mass is 289 g/mol. The number of piperidine rings is 1. The summed E-state index contributed by atoms with van der Waals surface area (Å²) in [5, 5.41) is 3.36. The molecule has 0 bridgehead atoms. The van der Waals surface area contributed by atoms with Crippen molar-refractivity contribution in [2.75, 3.05) is 26.3 Å². The SMILES string of the molecule is CCOP(=O)(/C=C(\C(C)C)C1CCNCC1)OCC. The van der Waals surface area contributed by atoms with Crippen LogP contribution < -0.4 is 5.32 Å². The van der Waals surface area contributed by atoms with Gasteiger partial charge in [0, 0.05) is 5.82 Å². The van der Waals surface area contributed by atoms with E-state index in [9.17, 15) is 4.57 Å². The van der Waals surface area contributed by atoms with Gasteiger partial charge in [-0.15, -0.1) is 0 Å². The summed E-state index contributed by atoms with van der Waals surface area (Å²) < 4.78 is 23.4.